The maximum absolute atomic E-state index is 13.7. The third-order valence-corrected chi connectivity index (χ3v) is 3.98. The molecule has 3 rings (SSSR count). The van der Waals surface area contributed by atoms with Crippen LogP contribution in [0, 0.1) is 11.6 Å². The van der Waals surface area contributed by atoms with Crippen LogP contribution in [-0.4, -0.2) is 18.7 Å². The molecule has 2 aromatic rings. The molecule has 138 valence electrons. The van der Waals surface area contributed by atoms with Gasteiger partial charge in [0.1, 0.15) is 18.2 Å². The summed E-state index contributed by atoms with van der Waals surface area (Å²) in [6.07, 6.45) is 0. The van der Waals surface area contributed by atoms with Crippen LogP contribution in [0.15, 0.2) is 30.3 Å². The third kappa shape index (κ3) is 3.85. The Balaban J connectivity index is 1.74. The number of primary amides is 1. The summed E-state index contributed by atoms with van der Waals surface area (Å²) in [4.78, 5) is 11.1. The Morgan fingerprint density at radius 2 is 2.00 bits per heavy atom. The molecule has 0 aromatic heterocycles. The van der Waals surface area contributed by atoms with Crippen molar-refractivity contribution in [3.8, 4) is 17.2 Å². The van der Waals surface area contributed by atoms with Gasteiger partial charge in [-0.2, -0.15) is 0 Å². The molecule has 0 saturated carbocycles. The van der Waals surface area contributed by atoms with Crippen molar-refractivity contribution in [2.45, 2.75) is 26.1 Å². The largest absolute Gasteiger partial charge is 0.485 e. The summed E-state index contributed by atoms with van der Waals surface area (Å²) in [7, 11) is 0. The number of rotatable bonds is 7. The fourth-order valence-corrected chi connectivity index (χ4v) is 2.45. The second-order valence-electron chi connectivity index (χ2n) is 5.82. The van der Waals surface area contributed by atoms with Crippen molar-refractivity contribution in [3.63, 3.8) is 0 Å². The summed E-state index contributed by atoms with van der Waals surface area (Å²) in [5, 5.41) is 2.98. The lowest BCUT2D eigenvalue weighted by Crippen LogP contribution is -2.38. The van der Waals surface area contributed by atoms with Crippen LogP contribution < -0.4 is 25.3 Å². The maximum atomic E-state index is 13.7. The van der Waals surface area contributed by atoms with Gasteiger partial charge in [0.25, 0.3) is 0 Å². The maximum Gasteiger partial charge on any atom is 0.234 e. The molecule has 26 heavy (non-hydrogen) atoms. The van der Waals surface area contributed by atoms with Gasteiger partial charge in [0.2, 0.25) is 18.4 Å². The van der Waals surface area contributed by atoms with Crippen LogP contribution in [0.1, 0.15) is 18.1 Å². The van der Waals surface area contributed by atoms with E-state index in [4.69, 9.17) is 19.9 Å². The van der Waals surface area contributed by atoms with Crippen molar-refractivity contribution >= 4 is 5.91 Å². The standard InChI is InChI=1S/C18H18F2N2O4/c1-10(18(21)23)22-7-11-2-5-15(17-16(11)25-9-26-17)24-8-12-6-13(19)3-4-14(12)20/h2-6,10,22H,7-9H2,1H3,(H2,21,23)/t10-/m0/s1. The van der Waals surface area contributed by atoms with Gasteiger partial charge >= 0.3 is 0 Å². The van der Waals surface area contributed by atoms with Gasteiger partial charge in [-0.1, -0.05) is 6.07 Å². The Morgan fingerprint density at radius 3 is 2.77 bits per heavy atom. The molecule has 2 aromatic carbocycles. The number of carbonyl (C=O) groups is 1. The normalized spacial score (nSPS) is 13.5. The molecule has 1 atom stereocenters. The van der Waals surface area contributed by atoms with Crippen molar-refractivity contribution in [2.75, 3.05) is 6.79 Å². The monoisotopic (exact) mass is 364 g/mol. The van der Waals surface area contributed by atoms with Gasteiger partial charge in [0.05, 0.1) is 6.04 Å². The lowest BCUT2D eigenvalue weighted by Gasteiger charge is -2.14. The molecule has 0 radical (unpaired) electrons. The summed E-state index contributed by atoms with van der Waals surface area (Å²) < 4.78 is 43.4. The average Bonchev–Trinajstić information content (AvgIpc) is 3.11. The van der Waals surface area contributed by atoms with Crippen molar-refractivity contribution in [2.24, 2.45) is 5.73 Å². The molecular weight excluding hydrogens is 346 g/mol. The van der Waals surface area contributed by atoms with E-state index in [0.29, 0.717) is 23.8 Å². The molecule has 0 fully saturated rings. The van der Waals surface area contributed by atoms with Crippen LogP contribution in [0.5, 0.6) is 17.2 Å². The van der Waals surface area contributed by atoms with E-state index in [2.05, 4.69) is 5.32 Å². The first-order valence-corrected chi connectivity index (χ1v) is 7.96. The molecule has 1 aliphatic rings. The van der Waals surface area contributed by atoms with E-state index in [0.717, 1.165) is 23.8 Å². The van der Waals surface area contributed by atoms with Gasteiger partial charge in [-0.05, 0) is 31.2 Å². The van der Waals surface area contributed by atoms with Crippen molar-refractivity contribution < 1.29 is 27.8 Å². The zero-order valence-electron chi connectivity index (χ0n) is 14.1. The first kappa shape index (κ1) is 17.9. The zero-order chi connectivity index (χ0) is 18.7. The van der Waals surface area contributed by atoms with E-state index < -0.39 is 23.6 Å². The number of halogens is 2. The first-order chi connectivity index (χ1) is 12.5. The lowest BCUT2D eigenvalue weighted by molar-refractivity contribution is -0.119. The number of nitrogens with one attached hydrogen (secondary N) is 1. The van der Waals surface area contributed by atoms with Gasteiger partial charge in [-0.25, -0.2) is 8.78 Å². The molecule has 0 aliphatic carbocycles. The molecule has 0 spiro atoms. The van der Waals surface area contributed by atoms with Crippen molar-refractivity contribution in [1.82, 2.24) is 5.32 Å². The first-order valence-electron chi connectivity index (χ1n) is 7.96. The van der Waals surface area contributed by atoms with Gasteiger partial charge in [-0.3, -0.25) is 4.79 Å². The van der Waals surface area contributed by atoms with E-state index in [1.165, 1.54) is 0 Å². The molecule has 3 N–H and O–H groups in total. The molecule has 1 heterocycles. The predicted octanol–water partition coefficient (Wildman–Crippen LogP) is 2.24. The number of ether oxygens (including phenoxy) is 3. The third-order valence-electron chi connectivity index (χ3n) is 3.98. The van der Waals surface area contributed by atoms with Crippen LogP contribution in [-0.2, 0) is 17.9 Å². The second-order valence-corrected chi connectivity index (χ2v) is 5.82. The lowest BCUT2D eigenvalue weighted by atomic mass is 10.1. The highest BCUT2D eigenvalue weighted by Crippen LogP contribution is 2.43. The van der Waals surface area contributed by atoms with Crippen LogP contribution in [0.4, 0.5) is 8.78 Å². The van der Waals surface area contributed by atoms with Crippen LogP contribution >= 0.6 is 0 Å². The Bertz CT molecular complexity index is 829. The van der Waals surface area contributed by atoms with Gasteiger partial charge in [0, 0.05) is 17.7 Å². The Morgan fingerprint density at radius 1 is 1.23 bits per heavy atom. The quantitative estimate of drug-likeness (QED) is 0.787. The Labute approximate surface area is 148 Å². The number of nitrogens with two attached hydrogens (primary N) is 1. The Hall–Kier alpha value is -2.87. The minimum Gasteiger partial charge on any atom is -0.485 e. The molecule has 8 heteroatoms. The smallest absolute Gasteiger partial charge is 0.234 e. The number of hydrogen-bond donors (Lipinski definition) is 2. The van der Waals surface area contributed by atoms with Crippen molar-refractivity contribution in [1.29, 1.82) is 0 Å². The number of amides is 1. The number of fused-ring (bicyclic) bond motifs is 1. The highest BCUT2D eigenvalue weighted by Gasteiger charge is 2.23. The predicted molar refractivity (Wildman–Crippen MR) is 88.8 cm³/mol. The number of benzene rings is 2. The van der Waals surface area contributed by atoms with Gasteiger partial charge < -0.3 is 25.3 Å². The minimum atomic E-state index is -0.554. The number of hydrogen-bond acceptors (Lipinski definition) is 5. The van der Waals surface area contributed by atoms with E-state index >= 15 is 0 Å². The molecule has 1 amide bonds. The van der Waals surface area contributed by atoms with Crippen molar-refractivity contribution in [3.05, 3.63) is 53.1 Å². The van der Waals surface area contributed by atoms with Crippen LogP contribution in [0.3, 0.4) is 0 Å². The molecule has 1 aliphatic heterocycles. The minimum absolute atomic E-state index is 0.0163. The summed E-state index contributed by atoms with van der Waals surface area (Å²) in [6.45, 7) is 1.86. The summed E-state index contributed by atoms with van der Waals surface area (Å²) in [5.74, 6) is -0.343. The fraction of sp³-hybridized carbons (Fsp3) is 0.278. The van der Waals surface area contributed by atoms with Gasteiger partial charge in [-0.15, -0.1) is 0 Å². The Kier molecular flexibility index (Phi) is 5.22. The summed E-state index contributed by atoms with van der Waals surface area (Å²) in [5.41, 5.74) is 6.08. The highest BCUT2D eigenvalue weighted by molar-refractivity contribution is 5.79. The van der Waals surface area contributed by atoms with E-state index in [1.807, 2.05) is 0 Å². The second kappa shape index (κ2) is 7.57. The summed E-state index contributed by atoms with van der Waals surface area (Å²) in [6, 6.07) is 6.06. The van der Waals surface area contributed by atoms with E-state index in [9.17, 15) is 13.6 Å². The highest BCUT2D eigenvalue weighted by atomic mass is 19.1. The number of carbonyl (C=O) groups excluding carboxylic acids is 1. The average molecular weight is 364 g/mol. The molecule has 6 nitrogen and oxygen atoms in total. The molecule has 0 bridgehead atoms. The topological polar surface area (TPSA) is 82.8 Å². The van der Waals surface area contributed by atoms with Crippen LogP contribution in [0.2, 0.25) is 0 Å². The van der Waals surface area contributed by atoms with E-state index in [-0.39, 0.29) is 19.0 Å². The SMILES string of the molecule is C[C@H](NCc1ccc(OCc2cc(F)ccc2F)c2c1OCO2)C(N)=O. The van der Waals surface area contributed by atoms with Crippen LogP contribution in [0.25, 0.3) is 0 Å². The summed E-state index contributed by atoms with van der Waals surface area (Å²) >= 11 is 0. The molecular formula is C18H18F2N2O4. The fourth-order valence-electron chi connectivity index (χ4n) is 2.45. The zero-order valence-corrected chi connectivity index (χ0v) is 14.1. The molecule has 0 unspecified atom stereocenters. The van der Waals surface area contributed by atoms with E-state index in [1.54, 1.807) is 19.1 Å². The van der Waals surface area contributed by atoms with Gasteiger partial charge in [0.15, 0.2) is 11.5 Å². The molecule has 0 saturated heterocycles.